The van der Waals surface area contributed by atoms with Gasteiger partial charge in [0.05, 0.1) is 12.0 Å². The van der Waals surface area contributed by atoms with Crippen LogP contribution in [0.15, 0.2) is 18.2 Å². The molecule has 0 spiro atoms. The van der Waals surface area contributed by atoms with Gasteiger partial charge in [-0.1, -0.05) is 6.07 Å². The molecule has 3 N–H and O–H groups in total. The lowest BCUT2D eigenvalue weighted by atomic mass is 10.0. The molecule has 0 aliphatic carbocycles. The predicted octanol–water partition coefficient (Wildman–Crippen LogP) is 1.68. The van der Waals surface area contributed by atoms with Crippen molar-refractivity contribution in [1.82, 2.24) is 5.32 Å². The van der Waals surface area contributed by atoms with Crippen molar-refractivity contribution in [2.45, 2.75) is 38.8 Å². The third-order valence-electron chi connectivity index (χ3n) is 3.05. The molecule has 0 radical (unpaired) electrons. The first-order valence-corrected chi connectivity index (χ1v) is 9.34. The summed E-state index contributed by atoms with van der Waals surface area (Å²) < 4.78 is 24.9. The fourth-order valence-electron chi connectivity index (χ4n) is 2.06. The molecule has 0 aromatic heterocycles. The normalized spacial score (nSPS) is 12.6. The maximum Gasteiger partial charge on any atom is 0.525 e. The van der Waals surface area contributed by atoms with Gasteiger partial charge in [0, 0.05) is 12.5 Å². The van der Waals surface area contributed by atoms with Gasteiger partial charge in [0.15, 0.2) is 0 Å². The number of alkyl carbamates (subject to hydrolysis) is 1. The topological polar surface area (TPSA) is 175 Å². The average Bonchev–Trinajstić information content (AvgIpc) is 2.51. The van der Waals surface area contributed by atoms with Crippen molar-refractivity contribution in [2.75, 3.05) is 7.11 Å². The number of phosphoric acid groups is 1. The smallest absolute Gasteiger partial charge is 0.467 e. The molecule has 0 aliphatic heterocycles. The predicted molar refractivity (Wildman–Crippen MR) is 94.6 cm³/mol. The lowest BCUT2D eigenvalue weighted by Crippen LogP contribution is -2.45. The van der Waals surface area contributed by atoms with Crippen LogP contribution in [0.3, 0.4) is 0 Å². The van der Waals surface area contributed by atoms with Crippen LogP contribution in [-0.2, 0) is 25.3 Å². The van der Waals surface area contributed by atoms with Crippen molar-refractivity contribution >= 4 is 25.6 Å². The van der Waals surface area contributed by atoms with E-state index in [0.717, 1.165) is 19.2 Å². The Balaban J connectivity index is 3.10. The summed E-state index contributed by atoms with van der Waals surface area (Å²) in [5.41, 5.74) is -1.33. The number of esters is 1. The highest BCUT2D eigenvalue weighted by molar-refractivity contribution is 7.46. The first-order chi connectivity index (χ1) is 12.7. The third-order valence-corrected chi connectivity index (χ3v) is 3.49. The molecule has 1 rings (SSSR count). The molecule has 0 fully saturated rings. The Bertz CT molecular complexity index is 799. The van der Waals surface area contributed by atoms with Crippen LogP contribution in [0.25, 0.3) is 0 Å². The number of nitro groups is 1. The van der Waals surface area contributed by atoms with E-state index in [2.05, 4.69) is 14.6 Å². The Morgan fingerprint density at radius 2 is 1.93 bits per heavy atom. The lowest BCUT2D eigenvalue weighted by Gasteiger charge is -2.22. The van der Waals surface area contributed by atoms with Gasteiger partial charge in [-0.15, -0.1) is 0 Å². The number of amides is 1. The Labute approximate surface area is 160 Å². The van der Waals surface area contributed by atoms with Crippen LogP contribution in [-0.4, -0.2) is 45.5 Å². The van der Waals surface area contributed by atoms with Gasteiger partial charge < -0.3 is 19.3 Å². The minimum atomic E-state index is -5.01. The highest BCUT2D eigenvalue weighted by Crippen LogP contribution is 2.42. The maximum absolute atomic E-state index is 11.9. The molecule has 1 unspecified atom stereocenters. The number of carbonyl (C=O) groups is 2. The van der Waals surface area contributed by atoms with Crippen molar-refractivity contribution in [2.24, 2.45) is 0 Å². The van der Waals surface area contributed by atoms with Crippen LogP contribution in [0.5, 0.6) is 5.75 Å². The van der Waals surface area contributed by atoms with E-state index in [1.165, 1.54) is 6.07 Å². The standard InChI is InChI=1S/C15H21N2O10P/c1-15(2,3)26-14(19)16-10(13(18)25-4)7-9-5-6-12(27-28(22,23)24)11(8-9)17(20)21/h5-6,8,10H,7H2,1-4H3,(H,16,19)(H2,22,23,24). The number of benzene rings is 1. The molecular formula is C15H21N2O10P. The number of hydrogen-bond acceptors (Lipinski definition) is 8. The van der Waals surface area contributed by atoms with Gasteiger partial charge >= 0.3 is 25.6 Å². The molecule has 156 valence electrons. The molecule has 13 heteroatoms. The fourth-order valence-corrected chi connectivity index (χ4v) is 2.47. The Morgan fingerprint density at radius 1 is 1.32 bits per heavy atom. The van der Waals surface area contributed by atoms with Crippen molar-refractivity contribution < 1.29 is 42.9 Å². The molecular weight excluding hydrogens is 399 g/mol. The fraction of sp³-hybridized carbons (Fsp3) is 0.467. The monoisotopic (exact) mass is 420 g/mol. The van der Waals surface area contributed by atoms with Crippen LogP contribution in [0.4, 0.5) is 10.5 Å². The van der Waals surface area contributed by atoms with Gasteiger partial charge in [-0.2, -0.15) is 0 Å². The van der Waals surface area contributed by atoms with Crippen molar-refractivity contribution in [3.05, 3.63) is 33.9 Å². The summed E-state index contributed by atoms with van der Waals surface area (Å²) in [5, 5.41) is 13.5. The molecule has 1 aromatic carbocycles. The minimum Gasteiger partial charge on any atom is -0.467 e. The molecule has 0 heterocycles. The first-order valence-electron chi connectivity index (χ1n) is 7.81. The van der Waals surface area contributed by atoms with E-state index in [-0.39, 0.29) is 12.0 Å². The van der Waals surface area contributed by atoms with E-state index < -0.39 is 47.9 Å². The summed E-state index contributed by atoms with van der Waals surface area (Å²) in [6.45, 7) is 4.88. The number of methoxy groups -OCH3 is 1. The molecule has 12 nitrogen and oxygen atoms in total. The van der Waals surface area contributed by atoms with Crippen LogP contribution in [0, 0.1) is 10.1 Å². The Hall–Kier alpha value is -2.69. The van der Waals surface area contributed by atoms with Gasteiger partial charge in [0.2, 0.25) is 5.75 Å². The van der Waals surface area contributed by atoms with Crippen LogP contribution >= 0.6 is 7.82 Å². The quantitative estimate of drug-likeness (QED) is 0.255. The Morgan fingerprint density at radius 3 is 2.39 bits per heavy atom. The maximum atomic E-state index is 11.9. The van der Waals surface area contributed by atoms with E-state index in [1.54, 1.807) is 20.8 Å². The number of hydrogen-bond donors (Lipinski definition) is 3. The summed E-state index contributed by atoms with van der Waals surface area (Å²) in [6.07, 6.45) is -1.10. The molecule has 0 saturated carbocycles. The van der Waals surface area contributed by atoms with E-state index in [9.17, 15) is 24.3 Å². The molecule has 1 atom stereocenters. The van der Waals surface area contributed by atoms with Crippen LogP contribution < -0.4 is 9.84 Å². The third kappa shape index (κ3) is 7.91. The molecule has 1 aromatic rings. The highest BCUT2D eigenvalue weighted by atomic mass is 31.2. The van der Waals surface area contributed by atoms with Crippen LogP contribution in [0.2, 0.25) is 0 Å². The number of nitrogens with zero attached hydrogens (tertiary/aromatic N) is 1. The second-order valence-electron chi connectivity index (χ2n) is 6.57. The van der Waals surface area contributed by atoms with Crippen molar-refractivity contribution in [3.8, 4) is 5.75 Å². The second kappa shape index (κ2) is 9.00. The van der Waals surface area contributed by atoms with Gasteiger partial charge in [-0.05, 0) is 32.4 Å². The number of phosphoric ester groups is 1. The number of nitro benzene ring substituents is 1. The zero-order chi connectivity index (χ0) is 21.7. The SMILES string of the molecule is COC(=O)C(Cc1ccc(OP(=O)(O)O)c([N+](=O)[O-])c1)NC(=O)OC(C)(C)C. The molecule has 1 amide bonds. The lowest BCUT2D eigenvalue weighted by molar-refractivity contribution is -0.385. The first kappa shape index (κ1) is 23.3. The zero-order valence-corrected chi connectivity index (χ0v) is 16.5. The van der Waals surface area contributed by atoms with E-state index in [4.69, 9.17) is 14.5 Å². The van der Waals surface area contributed by atoms with Gasteiger partial charge in [0.25, 0.3) is 0 Å². The summed E-state index contributed by atoms with van der Waals surface area (Å²) in [6, 6.07) is 1.99. The highest BCUT2D eigenvalue weighted by Gasteiger charge is 2.28. The van der Waals surface area contributed by atoms with Crippen LogP contribution in [0.1, 0.15) is 26.3 Å². The molecule has 28 heavy (non-hydrogen) atoms. The summed E-state index contributed by atoms with van der Waals surface area (Å²) >= 11 is 0. The Kier molecular flexibility index (Phi) is 7.51. The van der Waals surface area contributed by atoms with Crippen molar-refractivity contribution in [1.29, 1.82) is 0 Å². The van der Waals surface area contributed by atoms with Gasteiger partial charge in [-0.25, -0.2) is 14.2 Å². The van der Waals surface area contributed by atoms with Crippen molar-refractivity contribution in [3.63, 3.8) is 0 Å². The molecule has 0 bridgehead atoms. The number of ether oxygens (including phenoxy) is 2. The van der Waals surface area contributed by atoms with E-state index in [1.807, 2.05) is 0 Å². The van der Waals surface area contributed by atoms with Gasteiger partial charge in [-0.3, -0.25) is 19.9 Å². The molecule has 0 saturated heterocycles. The number of nitrogens with one attached hydrogen (secondary N) is 1. The van der Waals surface area contributed by atoms with E-state index >= 15 is 0 Å². The van der Waals surface area contributed by atoms with Gasteiger partial charge in [0.1, 0.15) is 11.6 Å². The second-order valence-corrected chi connectivity index (χ2v) is 7.73. The van der Waals surface area contributed by atoms with E-state index in [0.29, 0.717) is 0 Å². The minimum absolute atomic E-state index is 0.205. The summed E-state index contributed by atoms with van der Waals surface area (Å²) in [4.78, 5) is 51.8. The zero-order valence-electron chi connectivity index (χ0n) is 15.6. The number of rotatable bonds is 7. The molecule has 0 aliphatic rings. The largest absolute Gasteiger partial charge is 0.525 e. The summed E-state index contributed by atoms with van der Waals surface area (Å²) in [7, 11) is -3.91. The number of carbonyl (C=O) groups excluding carboxylic acids is 2. The average molecular weight is 420 g/mol. The summed E-state index contributed by atoms with van der Waals surface area (Å²) in [5.74, 6) is -1.46.